The molecule has 5 heteroatoms. The molecule has 0 aliphatic heterocycles. The Bertz CT molecular complexity index is 366. The van der Waals surface area contributed by atoms with Crippen LogP contribution in [0.1, 0.15) is 44.9 Å². The molecule has 0 aromatic carbocycles. The minimum atomic E-state index is -0.410. The molecule has 0 amide bonds. The zero-order valence-corrected chi connectivity index (χ0v) is 10.9. The van der Waals surface area contributed by atoms with Crippen molar-refractivity contribution >= 4 is 5.95 Å². The molecule has 1 aliphatic rings. The van der Waals surface area contributed by atoms with Crippen LogP contribution in [0, 0.1) is 5.92 Å². The van der Waals surface area contributed by atoms with Gasteiger partial charge in [-0.2, -0.15) is 4.98 Å². The van der Waals surface area contributed by atoms with Crippen molar-refractivity contribution in [2.24, 2.45) is 11.7 Å². The first-order valence-electron chi connectivity index (χ1n) is 6.35. The Hall–Kier alpha value is -1.10. The molecule has 0 spiro atoms. The van der Waals surface area contributed by atoms with Crippen molar-refractivity contribution in [2.75, 3.05) is 19.0 Å². The lowest BCUT2D eigenvalue weighted by Gasteiger charge is -2.33. The van der Waals surface area contributed by atoms with Gasteiger partial charge in [-0.25, -0.2) is 0 Å². The van der Waals surface area contributed by atoms with Gasteiger partial charge in [0.15, 0.2) is 0 Å². The van der Waals surface area contributed by atoms with Crippen molar-refractivity contribution in [3.63, 3.8) is 0 Å². The number of rotatable bonds is 3. The van der Waals surface area contributed by atoms with Crippen LogP contribution in [-0.4, -0.2) is 24.2 Å². The van der Waals surface area contributed by atoms with E-state index >= 15 is 0 Å². The van der Waals surface area contributed by atoms with Crippen LogP contribution in [0.3, 0.4) is 0 Å². The fourth-order valence-electron chi connectivity index (χ4n) is 2.41. The van der Waals surface area contributed by atoms with E-state index in [4.69, 9.17) is 10.3 Å². The summed E-state index contributed by atoms with van der Waals surface area (Å²) >= 11 is 0. The standard InChI is InChI=1S/C12H22N4O/c1-4-9-5-7-12(13,8-6-9)10-14-11(15-17-10)16(2)3/h9H,4-8,13H2,1-3H3. The molecule has 0 bridgehead atoms. The second kappa shape index (κ2) is 4.64. The number of hydrogen-bond acceptors (Lipinski definition) is 5. The summed E-state index contributed by atoms with van der Waals surface area (Å²) in [7, 11) is 3.79. The van der Waals surface area contributed by atoms with Gasteiger partial charge in [-0.3, -0.25) is 0 Å². The van der Waals surface area contributed by atoms with Crippen molar-refractivity contribution in [1.82, 2.24) is 10.1 Å². The Kier molecular flexibility index (Phi) is 3.38. The minimum Gasteiger partial charge on any atom is -0.344 e. The number of anilines is 1. The highest BCUT2D eigenvalue weighted by Gasteiger charge is 2.37. The van der Waals surface area contributed by atoms with Crippen molar-refractivity contribution < 1.29 is 4.52 Å². The van der Waals surface area contributed by atoms with Crippen LogP contribution in [0.15, 0.2) is 4.52 Å². The maximum Gasteiger partial charge on any atom is 0.265 e. The lowest BCUT2D eigenvalue weighted by atomic mass is 9.76. The summed E-state index contributed by atoms with van der Waals surface area (Å²) in [5.74, 6) is 2.00. The van der Waals surface area contributed by atoms with Gasteiger partial charge in [-0.15, -0.1) is 0 Å². The van der Waals surface area contributed by atoms with E-state index in [0.29, 0.717) is 11.8 Å². The molecular weight excluding hydrogens is 216 g/mol. The van der Waals surface area contributed by atoms with Gasteiger partial charge in [0.2, 0.25) is 5.89 Å². The molecule has 1 aliphatic carbocycles. The van der Waals surface area contributed by atoms with Crippen LogP contribution in [-0.2, 0) is 5.54 Å². The van der Waals surface area contributed by atoms with E-state index in [1.807, 2.05) is 19.0 Å². The molecule has 0 radical (unpaired) electrons. The van der Waals surface area contributed by atoms with Crippen LogP contribution >= 0.6 is 0 Å². The summed E-state index contributed by atoms with van der Waals surface area (Å²) in [5, 5.41) is 3.94. The van der Waals surface area contributed by atoms with Gasteiger partial charge in [-0.1, -0.05) is 13.3 Å². The summed E-state index contributed by atoms with van der Waals surface area (Å²) in [5.41, 5.74) is 5.99. The van der Waals surface area contributed by atoms with Gasteiger partial charge >= 0.3 is 0 Å². The zero-order valence-electron chi connectivity index (χ0n) is 10.9. The van der Waals surface area contributed by atoms with Crippen LogP contribution in [0.25, 0.3) is 0 Å². The SMILES string of the molecule is CCC1CCC(N)(c2nc(N(C)C)no2)CC1. The van der Waals surface area contributed by atoms with Gasteiger partial charge in [-0.05, 0) is 36.8 Å². The van der Waals surface area contributed by atoms with Crippen LogP contribution in [0.4, 0.5) is 5.95 Å². The summed E-state index contributed by atoms with van der Waals surface area (Å²) in [4.78, 5) is 6.21. The Morgan fingerprint density at radius 3 is 2.53 bits per heavy atom. The first-order valence-corrected chi connectivity index (χ1v) is 6.35. The van der Waals surface area contributed by atoms with Crippen molar-refractivity contribution in [1.29, 1.82) is 0 Å². The largest absolute Gasteiger partial charge is 0.344 e. The molecule has 1 aromatic heterocycles. The number of nitrogens with two attached hydrogens (primary N) is 1. The molecule has 5 nitrogen and oxygen atoms in total. The maximum absolute atomic E-state index is 6.40. The van der Waals surface area contributed by atoms with Gasteiger partial charge in [0, 0.05) is 14.1 Å². The molecule has 1 fully saturated rings. The van der Waals surface area contributed by atoms with E-state index in [9.17, 15) is 0 Å². The Morgan fingerprint density at radius 2 is 2.06 bits per heavy atom. The normalized spacial score (nSPS) is 29.3. The average molecular weight is 238 g/mol. The number of aromatic nitrogens is 2. The first kappa shape index (κ1) is 12.4. The molecule has 2 rings (SSSR count). The molecule has 17 heavy (non-hydrogen) atoms. The van der Waals surface area contributed by atoms with E-state index in [-0.39, 0.29) is 0 Å². The fraction of sp³-hybridized carbons (Fsp3) is 0.833. The second-order valence-corrected chi connectivity index (χ2v) is 5.30. The van der Waals surface area contributed by atoms with Crippen molar-refractivity contribution in [3.8, 4) is 0 Å². The molecular formula is C12H22N4O. The van der Waals surface area contributed by atoms with Crippen molar-refractivity contribution in [3.05, 3.63) is 5.89 Å². The first-order chi connectivity index (χ1) is 8.05. The molecule has 0 atom stereocenters. The molecule has 1 saturated carbocycles. The summed E-state index contributed by atoms with van der Waals surface area (Å²) < 4.78 is 5.31. The topological polar surface area (TPSA) is 68.2 Å². The number of nitrogens with zero attached hydrogens (tertiary/aromatic N) is 3. The monoisotopic (exact) mass is 238 g/mol. The fourth-order valence-corrected chi connectivity index (χ4v) is 2.41. The molecule has 0 unspecified atom stereocenters. The average Bonchev–Trinajstić information content (AvgIpc) is 2.80. The molecule has 0 saturated heterocycles. The van der Waals surface area contributed by atoms with Crippen LogP contribution in [0.5, 0.6) is 0 Å². The van der Waals surface area contributed by atoms with Gasteiger partial charge in [0.05, 0.1) is 5.54 Å². The minimum absolute atomic E-state index is 0.410. The quantitative estimate of drug-likeness (QED) is 0.871. The predicted molar refractivity (Wildman–Crippen MR) is 66.7 cm³/mol. The summed E-state index contributed by atoms with van der Waals surface area (Å²) in [6.45, 7) is 2.24. The van der Waals surface area contributed by atoms with Crippen molar-refractivity contribution in [2.45, 2.75) is 44.6 Å². The third-order valence-electron chi connectivity index (χ3n) is 3.82. The summed E-state index contributed by atoms with van der Waals surface area (Å²) in [6.07, 6.45) is 5.45. The van der Waals surface area contributed by atoms with E-state index in [1.165, 1.54) is 6.42 Å². The maximum atomic E-state index is 6.40. The molecule has 2 N–H and O–H groups in total. The number of hydrogen-bond donors (Lipinski definition) is 1. The highest BCUT2D eigenvalue weighted by atomic mass is 16.5. The molecule has 1 heterocycles. The van der Waals surface area contributed by atoms with Crippen LogP contribution in [0.2, 0.25) is 0 Å². The second-order valence-electron chi connectivity index (χ2n) is 5.30. The lowest BCUT2D eigenvalue weighted by Crippen LogP contribution is -2.40. The highest BCUT2D eigenvalue weighted by Crippen LogP contribution is 2.38. The summed E-state index contributed by atoms with van der Waals surface area (Å²) in [6, 6.07) is 0. The third kappa shape index (κ3) is 2.44. The Balaban J connectivity index is 2.10. The molecule has 96 valence electrons. The van der Waals surface area contributed by atoms with Gasteiger partial charge < -0.3 is 15.2 Å². The van der Waals surface area contributed by atoms with E-state index in [2.05, 4.69) is 17.1 Å². The Labute approximate surface area is 102 Å². The zero-order chi connectivity index (χ0) is 12.5. The van der Waals surface area contributed by atoms with E-state index in [1.54, 1.807) is 0 Å². The predicted octanol–water partition coefficient (Wildman–Crippen LogP) is 1.89. The molecule has 1 aromatic rings. The van der Waals surface area contributed by atoms with Gasteiger partial charge in [0.1, 0.15) is 0 Å². The lowest BCUT2D eigenvalue weighted by molar-refractivity contribution is 0.181. The highest BCUT2D eigenvalue weighted by molar-refractivity contribution is 5.25. The van der Waals surface area contributed by atoms with Gasteiger partial charge in [0.25, 0.3) is 5.95 Å². The van der Waals surface area contributed by atoms with E-state index < -0.39 is 5.54 Å². The Morgan fingerprint density at radius 1 is 1.41 bits per heavy atom. The van der Waals surface area contributed by atoms with E-state index in [0.717, 1.165) is 31.6 Å². The third-order valence-corrected chi connectivity index (χ3v) is 3.82. The smallest absolute Gasteiger partial charge is 0.265 e. The van der Waals surface area contributed by atoms with Crippen LogP contribution < -0.4 is 10.6 Å².